The van der Waals surface area contributed by atoms with E-state index < -0.39 is 15.9 Å². The van der Waals surface area contributed by atoms with E-state index in [0.29, 0.717) is 23.0 Å². The van der Waals surface area contributed by atoms with Crippen LogP contribution in [-0.2, 0) is 15.6 Å². The number of nitrogens with one attached hydrogen (secondary N) is 2. The molecule has 0 spiro atoms. The van der Waals surface area contributed by atoms with Crippen LogP contribution in [0.4, 0.5) is 17.5 Å². The second kappa shape index (κ2) is 8.77. The summed E-state index contributed by atoms with van der Waals surface area (Å²) < 4.78 is 22.7. The van der Waals surface area contributed by atoms with Gasteiger partial charge in [-0.1, -0.05) is 18.2 Å². The van der Waals surface area contributed by atoms with E-state index in [4.69, 9.17) is 0 Å². The fourth-order valence-electron chi connectivity index (χ4n) is 2.51. The number of nitrogens with zero attached hydrogens (tertiary/aromatic N) is 3. The summed E-state index contributed by atoms with van der Waals surface area (Å²) in [6, 6.07) is 14.1. The van der Waals surface area contributed by atoms with Gasteiger partial charge in [-0.25, -0.2) is 13.4 Å². The van der Waals surface area contributed by atoms with Crippen LogP contribution in [-0.4, -0.2) is 41.3 Å². The minimum absolute atomic E-state index is 0.00177. The minimum atomic E-state index is -3.07. The second-order valence-corrected chi connectivity index (χ2v) is 8.45. The van der Waals surface area contributed by atoms with Gasteiger partial charge in [0.05, 0.1) is 11.4 Å². The van der Waals surface area contributed by atoms with E-state index in [9.17, 15) is 13.5 Å². The minimum Gasteiger partial charge on any atom is -0.385 e. The third-order valence-electron chi connectivity index (χ3n) is 3.80. The summed E-state index contributed by atoms with van der Waals surface area (Å²) in [5, 5.41) is 16.3. The topological polar surface area (TPSA) is 117 Å². The van der Waals surface area contributed by atoms with Crippen molar-refractivity contribution in [1.82, 2.24) is 15.0 Å². The van der Waals surface area contributed by atoms with Gasteiger partial charge in [0, 0.05) is 30.9 Å². The monoisotopic (exact) mass is 399 g/mol. The molecule has 0 aliphatic carbocycles. The Labute approximate surface area is 163 Å². The van der Waals surface area contributed by atoms with Gasteiger partial charge in [0.1, 0.15) is 11.9 Å². The molecule has 0 fully saturated rings. The number of pyridine rings is 1. The quantitative estimate of drug-likeness (QED) is 0.528. The van der Waals surface area contributed by atoms with Gasteiger partial charge in [0.15, 0.2) is 9.84 Å². The van der Waals surface area contributed by atoms with Crippen molar-refractivity contribution in [3.8, 4) is 0 Å². The number of sulfone groups is 1. The molecule has 0 aliphatic heterocycles. The molecule has 146 valence electrons. The Morgan fingerprint density at radius 3 is 2.50 bits per heavy atom. The van der Waals surface area contributed by atoms with Crippen LogP contribution in [0.15, 0.2) is 60.9 Å². The van der Waals surface area contributed by atoms with E-state index in [1.54, 1.807) is 54.9 Å². The smallest absolute Gasteiger partial charge is 0.229 e. The van der Waals surface area contributed by atoms with E-state index in [1.165, 1.54) is 6.26 Å². The standard InChI is InChI=1S/C19H21N5O3S/c1-28(26,27)13-14-5-7-15(8-6-14)23-19-21-11-9-18(24-19)22-12-17(25)16-4-2-3-10-20-16/h2-11,17,25H,12-13H2,1H3,(H2,21,22,23,24). The summed E-state index contributed by atoms with van der Waals surface area (Å²) in [5.41, 5.74) is 2.03. The third kappa shape index (κ3) is 6.00. The summed E-state index contributed by atoms with van der Waals surface area (Å²) in [4.78, 5) is 12.6. The molecule has 2 aromatic heterocycles. The number of aliphatic hydroxyl groups excluding tert-OH is 1. The molecule has 3 rings (SSSR count). The largest absolute Gasteiger partial charge is 0.385 e. The van der Waals surface area contributed by atoms with E-state index in [2.05, 4.69) is 25.6 Å². The van der Waals surface area contributed by atoms with Gasteiger partial charge < -0.3 is 15.7 Å². The summed E-state index contributed by atoms with van der Waals surface area (Å²) in [7, 11) is -3.07. The van der Waals surface area contributed by atoms with E-state index in [0.717, 1.165) is 5.69 Å². The molecule has 2 heterocycles. The van der Waals surface area contributed by atoms with Crippen LogP contribution >= 0.6 is 0 Å². The maximum absolute atomic E-state index is 11.3. The van der Waals surface area contributed by atoms with Crippen LogP contribution in [0.1, 0.15) is 17.4 Å². The van der Waals surface area contributed by atoms with E-state index in [1.807, 2.05) is 6.07 Å². The fourth-order valence-corrected chi connectivity index (χ4v) is 3.31. The second-order valence-electron chi connectivity index (χ2n) is 6.31. The van der Waals surface area contributed by atoms with Crippen molar-refractivity contribution < 1.29 is 13.5 Å². The Morgan fingerprint density at radius 2 is 1.82 bits per heavy atom. The highest BCUT2D eigenvalue weighted by atomic mass is 32.2. The summed E-state index contributed by atoms with van der Waals surface area (Å²) >= 11 is 0. The summed E-state index contributed by atoms with van der Waals surface area (Å²) in [6.45, 7) is 0.258. The van der Waals surface area contributed by atoms with Crippen LogP contribution < -0.4 is 10.6 Å². The van der Waals surface area contributed by atoms with Crippen molar-refractivity contribution in [3.05, 3.63) is 72.2 Å². The lowest BCUT2D eigenvalue weighted by Crippen LogP contribution is -2.14. The fraction of sp³-hybridized carbons (Fsp3) is 0.211. The number of anilines is 3. The predicted molar refractivity (Wildman–Crippen MR) is 108 cm³/mol. The first-order valence-electron chi connectivity index (χ1n) is 8.59. The highest BCUT2D eigenvalue weighted by Crippen LogP contribution is 2.17. The maximum Gasteiger partial charge on any atom is 0.229 e. The number of hydrogen-bond donors (Lipinski definition) is 3. The highest BCUT2D eigenvalue weighted by molar-refractivity contribution is 7.89. The first kappa shape index (κ1) is 19.7. The molecular formula is C19H21N5O3S. The molecule has 8 nitrogen and oxygen atoms in total. The highest BCUT2D eigenvalue weighted by Gasteiger charge is 2.09. The molecule has 28 heavy (non-hydrogen) atoms. The lowest BCUT2D eigenvalue weighted by atomic mass is 10.2. The molecule has 0 saturated heterocycles. The van der Waals surface area contributed by atoms with E-state index >= 15 is 0 Å². The summed E-state index contributed by atoms with van der Waals surface area (Å²) in [6.07, 6.45) is 3.68. The molecule has 1 unspecified atom stereocenters. The zero-order valence-corrected chi connectivity index (χ0v) is 16.1. The molecule has 0 bridgehead atoms. The lowest BCUT2D eigenvalue weighted by molar-refractivity contribution is 0.186. The van der Waals surface area contributed by atoms with Crippen molar-refractivity contribution in [2.24, 2.45) is 0 Å². The van der Waals surface area contributed by atoms with Gasteiger partial charge in [-0.2, -0.15) is 4.98 Å². The van der Waals surface area contributed by atoms with Gasteiger partial charge in [-0.3, -0.25) is 4.98 Å². The van der Waals surface area contributed by atoms with Crippen molar-refractivity contribution >= 4 is 27.3 Å². The van der Waals surface area contributed by atoms with Crippen LogP contribution in [0.3, 0.4) is 0 Å². The Hall–Kier alpha value is -3.04. The van der Waals surface area contributed by atoms with Crippen LogP contribution in [0, 0.1) is 0 Å². The van der Waals surface area contributed by atoms with Gasteiger partial charge in [-0.05, 0) is 35.9 Å². The molecule has 1 aromatic carbocycles. The Bertz CT molecular complexity index is 1010. The van der Waals surface area contributed by atoms with E-state index in [-0.39, 0.29) is 12.3 Å². The van der Waals surface area contributed by atoms with Crippen molar-refractivity contribution in [3.63, 3.8) is 0 Å². The first-order valence-corrected chi connectivity index (χ1v) is 10.6. The Balaban J connectivity index is 1.60. The van der Waals surface area contributed by atoms with Gasteiger partial charge >= 0.3 is 0 Å². The average molecular weight is 399 g/mol. The molecule has 3 aromatic rings. The normalized spacial score (nSPS) is 12.4. The Kier molecular flexibility index (Phi) is 6.17. The van der Waals surface area contributed by atoms with Crippen LogP contribution in [0.2, 0.25) is 0 Å². The first-order chi connectivity index (χ1) is 13.4. The van der Waals surface area contributed by atoms with Crippen molar-refractivity contribution in [1.29, 1.82) is 0 Å². The number of aromatic nitrogens is 3. The zero-order chi connectivity index (χ0) is 20.0. The number of rotatable bonds is 8. The third-order valence-corrected chi connectivity index (χ3v) is 4.66. The van der Waals surface area contributed by atoms with Gasteiger partial charge in [0.25, 0.3) is 0 Å². The van der Waals surface area contributed by atoms with Gasteiger partial charge in [0.2, 0.25) is 5.95 Å². The molecule has 9 heteroatoms. The molecule has 0 aliphatic rings. The predicted octanol–water partition coefficient (Wildman–Crippen LogP) is 2.31. The molecule has 0 saturated carbocycles. The molecule has 0 radical (unpaired) electrons. The van der Waals surface area contributed by atoms with Crippen LogP contribution in [0.5, 0.6) is 0 Å². The molecule has 3 N–H and O–H groups in total. The number of benzene rings is 1. The molecule has 1 atom stereocenters. The zero-order valence-electron chi connectivity index (χ0n) is 15.3. The maximum atomic E-state index is 11.3. The lowest BCUT2D eigenvalue weighted by Gasteiger charge is -2.12. The Morgan fingerprint density at radius 1 is 1.04 bits per heavy atom. The SMILES string of the molecule is CS(=O)(=O)Cc1ccc(Nc2nccc(NCC(O)c3ccccn3)n2)cc1. The number of hydrogen-bond acceptors (Lipinski definition) is 8. The summed E-state index contributed by atoms with van der Waals surface area (Å²) in [5.74, 6) is 0.941. The number of aliphatic hydroxyl groups is 1. The molecular weight excluding hydrogens is 378 g/mol. The van der Waals surface area contributed by atoms with Crippen molar-refractivity contribution in [2.45, 2.75) is 11.9 Å². The van der Waals surface area contributed by atoms with Gasteiger partial charge in [-0.15, -0.1) is 0 Å². The van der Waals surface area contributed by atoms with Crippen molar-refractivity contribution in [2.75, 3.05) is 23.4 Å². The van der Waals surface area contributed by atoms with Crippen LogP contribution in [0.25, 0.3) is 0 Å². The molecule has 0 amide bonds. The average Bonchev–Trinajstić information content (AvgIpc) is 2.67.